The van der Waals surface area contributed by atoms with Crippen LogP contribution in [0.15, 0.2) is 0 Å². The second-order valence-electron chi connectivity index (χ2n) is 5.09. The lowest BCUT2D eigenvalue weighted by Crippen LogP contribution is -2.47. The Hall–Kier alpha value is -0.610. The lowest BCUT2D eigenvalue weighted by Gasteiger charge is -2.34. The van der Waals surface area contributed by atoms with Gasteiger partial charge in [0.05, 0.1) is 0 Å². The molecule has 1 unspecified atom stereocenters. The fourth-order valence-electron chi connectivity index (χ4n) is 2.23. The van der Waals surface area contributed by atoms with Gasteiger partial charge in [0.25, 0.3) is 0 Å². The molecule has 1 atom stereocenters. The number of rotatable bonds is 10. The van der Waals surface area contributed by atoms with Crippen molar-refractivity contribution in [3.05, 3.63) is 0 Å². The molecular formula is C14H31N3O. The number of nitrogens with two attached hydrogens (primary N) is 1. The summed E-state index contributed by atoms with van der Waals surface area (Å²) in [7, 11) is 0. The predicted molar refractivity (Wildman–Crippen MR) is 77.5 cm³/mol. The van der Waals surface area contributed by atoms with E-state index in [9.17, 15) is 4.79 Å². The third-order valence-electron chi connectivity index (χ3n) is 3.22. The second-order valence-corrected chi connectivity index (χ2v) is 5.09. The van der Waals surface area contributed by atoms with E-state index in [1.165, 1.54) is 19.3 Å². The maximum absolute atomic E-state index is 11.7. The van der Waals surface area contributed by atoms with E-state index in [2.05, 4.69) is 31.0 Å². The first-order chi connectivity index (χ1) is 8.56. The van der Waals surface area contributed by atoms with Gasteiger partial charge in [0.2, 0.25) is 5.91 Å². The third-order valence-corrected chi connectivity index (χ3v) is 3.22. The van der Waals surface area contributed by atoms with Crippen LogP contribution in [0, 0.1) is 0 Å². The highest BCUT2D eigenvalue weighted by Crippen LogP contribution is 2.11. The molecule has 0 aromatic carbocycles. The summed E-state index contributed by atoms with van der Waals surface area (Å²) in [5.74, 6) is 0.106. The van der Waals surface area contributed by atoms with Crippen LogP contribution in [0.4, 0.5) is 0 Å². The number of carbonyl (C=O) groups excluding carboxylic acids is 1. The van der Waals surface area contributed by atoms with Crippen LogP contribution >= 0.6 is 0 Å². The van der Waals surface area contributed by atoms with Crippen LogP contribution in [0.2, 0.25) is 0 Å². The SMILES string of the molecule is CCCCCN(C(C)C)C(CN)CC(=O)NCC. The molecule has 18 heavy (non-hydrogen) atoms. The summed E-state index contributed by atoms with van der Waals surface area (Å²) in [5, 5.41) is 2.85. The Bertz CT molecular complexity index is 219. The lowest BCUT2D eigenvalue weighted by molar-refractivity contribution is -0.122. The minimum atomic E-state index is 0.106. The topological polar surface area (TPSA) is 58.4 Å². The zero-order chi connectivity index (χ0) is 14.0. The summed E-state index contributed by atoms with van der Waals surface area (Å²) in [6.07, 6.45) is 4.15. The monoisotopic (exact) mass is 257 g/mol. The maximum atomic E-state index is 11.7. The van der Waals surface area contributed by atoms with Crippen molar-refractivity contribution < 1.29 is 4.79 Å². The molecule has 0 saturated carbocycles. The second kappa shape index (κ2) is 10.3. The van der Waals surface area contributed by atoms with Gasteiger partial charge in [-0.1, -0.05) is 19.8 Å². The van der Waals surface area contributed by atoms with Crippen molar-refractivity contribution in [1.29, 1.82) is 0 Å². The zero-order valence-electron chi connectivity index (χ0n) is 12.5. The van der Waals surface area contributed by atoms with Crippen LogP contribution in [0.5, 0.6) is 0 Å². The van der Waals surface area contributed by atoms with Crippen molar-refractivity contribution in [3.63, 3.8) is 0 Å². The standard InChI is InChI=1S/C14H31N3O/c1-5-7-8-9-17(12(3)4)13(11-15)10-14(18)16-6-2/h12-13H,5-11,15H2,1-4H3,(H,16,18). The Morgan fingerprint density at radius 1 is 1.28 bits per heavy atom. The van der Waals surface area contributed by atoms with Crippen LogP contribution in [0.1, 0.15) is 53.4 Å². The van der Waals surface area contributed by atoms with Crippen LogP contribution in [-0.4, -0.2) is 42.5 Å². The van der Waals surface area contributed by atoms with Gasteiger partial charge in [-0.2, -0.15) is 0 Å². The number of hydrogen-bond acceptors (Lipinski definition) is 3. The molecule has 0 rings (SSSR count). The Morgan fingerprint density at radius 2 is 1.94 bits per heavy atom. The first-order valence-electron chi connectivity index (χ1n) is 7.29. The highest BCUT2D eigenvalue weighted by molar-refractivity contribution is 5.76. The summed E-state index contributed by atoms with van der Waals surface area (Å²) in [6.45, 7) is 10.8. The highest BCUT2D eigenvalue weighted by Gasteiger charge is 2.21. The van der Waals surface area contributed by atoms with E-state index >= 15 is 0 Å². The van der Waals surface area contributed by atoms with Crippen molar-refractivity contribution in [2.75, 3.05) is 19.6 Å². The average molecular weight is 257 g/mol. The Kier molecular flexibility index (Phi) is 9.98. The van der Waals surface area contributed by atoms with Crippen LogP contribution in [-0.2, 0) is 4.79 Å². The van der Waals surface area contributed by atoms with E-state index < -0.39 is 0 Å². The lowest BCUT2D eigenvalue weighted by atomic mass is 10.1. The molecule has 1 amide bonds. The number of carbonyl (C=O) groups is 1. The van der Waals surface area contributed by atoms with E-state index in [0.29, 0.717) is 25.6 Å². The fourth-order valence-corrected chi connectivity index (χ4v) is 2.23. The zero-order valence-corrected chi connectivity index (χ0v) is 12.5. The van der Waals surface area contributed by atoms with Gasteiger partial charge >= 0.3 is 0 Å². The molecule has 0 heterocycles. The van der Waals surface area contributed by atoms with Crippen molar-refractivity contribution >= 4 is 5.91 Å². The van der Waals surface area contributed by atoms with Crippen molar-refractivity contribution in [2.45, 2.75) is 65.5 Å². The molecule has 4 nitrogen and oxygen atoms in total. The number of hydrogen-bond donors (Lipinski definition) is 2. The Labute approximate surface area is 112 Å². The summed E-state index contributed by atoms with van der Waals surface area (Å²) >= 11 is 0. The van der Waals surface area contributed by atoms with Gasteiger partial charge < -0.3 is 11.1 Å². The molecule has 4 heteroatoms. The minimum Gasteiger partial charge on any atom is -0.356 e. The van der Waals surface area contributed by atoms with E-state index in [1.807, 2.05) is 6.92 Å². The smallest absolute Gasteiger partial charge is 0.221 e. The molecule has 0 aliphatic rings. The molecule has 0 aliphatic carbocycles. The van der Waals surface area contributed by atoms with E-state index in [1.54, 1.807) is 0 Å². The first-order valence-corrected chi connectivity index (χ1v) is 7.29. The molecule has 0 fully saturated rings. The molecule has 3 N–H and O–H groups in total. The van der Waals surface area contributed by atoms with Gasteiger partial charge in [-0.3, -0.25) is 9.69 Å². The summed E-state index contributed by atoms with van der Waals surface area (Å²) in [6, 6.07) is 0.596. The first kappa shape index (κ1) is 17.4. The molecule has 108 valence electrons. The van der Waals surface area contributed by atoms with Crippen LogP contribution < -0.4 is 11.1 Å². The number of unbranched alkanes of at least 4 members (excludes halogenated alkanes) is 2. The third kappa shape index (κ3) is 6.97. The predicted octanol–water partition coefficient (Wildman–Crippen LogP) is 1.74. The molecule has 0 aliphatic heterocycles. The largest absolute Gasteiger partial charge is 0.356 e. The molecule has 0 aromatic heterocycles. The summed E-state index contributed by atoms with van der Waals surface area (Å²) < 4.78 is 0. The van der Waals surface area contributed by atoms with E-state index in [4.69, 9.17) is 5.73 Å². The molecular weight excluding hydrogens is 226 g/mol. The van der Waals surface area contributed by atoms with Crippen molar-refractivity contribution in [3.8, 4) is 0 Å². The quantitative estimate of drug-likeness (QED) is 0.586. The average Bonchev–Trinajstić information content (AvgIpc) is 2.32. The van der Waals surface area contributed by atoms with Crippen molar-refractivity contribution in [2.24, 2.45) is 5.73 Å². The van der Waals surface area contributed by atoms with Gasteiger partial charge in [-0.15, -0.1) is 0 Å². The number of nitrogens with zero attached hydrogens (tertiary/aromatic N) is 1. The van der Waals surface area contributed by atoms with Gasteiger partial charge in [-0.25, -0.2) is 0 Å². The number of amides is 1. The summed E-state index contributed by atoms with van der Waals surface area (Å²) in [4.78, 5) is 14.0. The van der Waals surface area contributed by atoms with E-state index in [-0.39, 0.29) is 11.9 Å². The summed E-state index contributed by atoms with van der Waals surface area (Å²) in [5.41, 5.74) is 5.84. The maximum Gasteiger partial charge on any atom is 0.221 e. The van der Waals surface area contributed by atoms with Crippen molar-refractivity contribution in [1.82, 2.24) is 10.2 Å². The van der Waals surface area contributed by atoms with E-state index in [0.717, 1.165) is 6.54 Å². The molecule has 0 radical (unpaired) electrons. The Balaban J connectivity index is 4.37. The molecule has 0 bridgehead atoms. The molecule has 0 spiro atoms. The van der Waals surface area contributed by atoms with Gasteiger partial charge in [0.1, 0.15) is 0 Å². The van der Waals surface area contributed by atoms with Crippen LogP contribution in [0.3, 0.4) is 0 Å². The molecule has 0 saturated heterocycles. The minimum absolute atomic E-state index is 0.106. The van der Waals surface area contributed by atoms with Gasteiger partial charge in [-0.05, 0) is 33.7 Å². The number of nitrogens with one attached hydrogen (secondary N) is 1. The Morgan fingerprint density at radius 3 is 2.39 bits per heavy atom. The molecule has 0 aromatic rings. The van der Waals surface area contributed by atoms with Gasteiger partial charge in [0.15, 0.2) is 0 Å². The van der Waals surface area contributed by atoms with Gasteiger partial charge in [0, 0.05) is 31.6 Å². The highest BCUT2D eigenvalue weighted by atomic mass is 16.1. The van der Waals surface area contributed by atoms with Crippen LogP contribution in [0.25, 0.3) is 0 Å². The normalized spacial score (nSPS) is 13.1. The fraction of sp³-hybridized carbons (Fsp3) is 0.929.